The summed E-state index contributed by atoms with van der Waals surface area (Å²) >= 11 is 5.98. The zero-order valence-corrected chi connectivity index (χ0v) is 13.6. The van der Waals surface area contributed by atoms with Crippen molar-refractivity contribution in [2.24, 2.45) is 0 Å². The molecule has 0 saturated carbocycles. The zero-order chi connectivity index (χ0) is 17.2. The van der Waals surface area contributed by atoms with Gasteiger partial charge in [-0.2, -0.15) is 4.68 Å². The van der Waals surface area contributed by atoms with Gasteiger partial charge >= 0.3 is 0 Å². The van der Waals surface area contributed by atoms with Gasteiger partial charge in [0.2, 0.25) is 0 Å². The smallest absolute Gasteiger partial charge is 0.182 e. The van der Waals surface area contributed by atoms with Gasteiger partial charge in [0.15, 0.2) is 17.5 Å². The van der Waals surface area contributed by atoms with E-state index in [4.69, 9.17) is 11.6 Å². The molecule has 5 nitrogen and oxygen atoms in total. The lowest BCUT2D eigenvalue weighted by molar-refractivity contribution is 0.628. The van der Waals surface area contributed by atoms with E-state index in [0.29, 0.717) is 28.2 Å². The summed E-state index contributed by atoms with van der Waals surface area (Å²) in [6.07, 6.45) is 1.36. The molecule has 2 heterocycles. The van der Waals surface area contributed by atoms with Gasteiger partial charge in [-0.05, 0) is 24.3 Å². The number of nitrogens with zero attached hydrogens (tertiary/aromatic N) is 5. The van der Waals surface area contributed by atoms with Gasteiger partial charge in [-0.3, -0.25) is 0 Å². The normalized spacial score (nSPS) is 10.8. The monoisotopic (exact) mass is 351 g/mol. The molecule has 0 bridgehead atoms. The topological polar surface area (TPSA) is 56.5 Å². The number of aromatic nitrogens is 5. The predicted molar refractivity (Wildman–Crippen MR) is 92.8 cm³/mol. The van der Waals surface area contributed by atoms with E-state index < -0.39 is 0 Å². The van der Waals surface area contributed by atoms with E-state index in [-0.39, 0.29) is 5.82 Å². The van der Waals surface area contributed by atoms with Crippen LogP contribution in [0.25, 0.3) is 28.6 Å². The highest BCUT2D eigenvalue weighted by atomic mass is 35.5. The highest BCUT2D eigenvalue weighted by Gasteiger charge is 2.16. The molecule has 2 aromatic carbocycles. The van der Waals surface area contributed by atoms with E-state index in [1.165, 1.54) is 18.5 Å². The molecule has 0 unspecified atom stereocenters. The second kappa shape index (κ2) is 6.41. The Hall–Kier alpha value is -3.12. The number of halogens is 2. The predicted octanol–water partition coefficient (Wildman–Crippen LogP) is 4.18. The van der Waals surface area contributed by atoms with Crippen LogP contribution in [0.2, 0.25) is 5.15 Å². The zero-order valence-electron chi connectivity index (χ0n) is 12.8. The van der Waals surface area contributed by atoms with Gasteiger partial charge in [0, 0.05) is 17.2 Å². The van der Waals surface area contributed by atoms with Crippen molar-refractivity contribution in [2.45, 2.75) is 0 Å². The number of hydrogen-bond donors (Lipinski definition) is 0. The Morgan fingerprint density at radius 3 is 2.36 bits per heavy atom. The van der Waals surface area contributed by atoms with E-state index >= 15 is 0 Å². The van der Waals surface area contributed by atoms with Gasteiger partial charge in [-0.1, -0.05) is 41.9 Å². The standard InChI is InChI=1S/C18H11ClFN5/c19-15-10-16(22-11-21-15)25-18(13-6-8-14(20)9-7-13)23-17(24-25)12-4-2-1-3-5-12/h1-11H. The number of hydrogen-bond acceptors (Lipinski definition) is 4. The van der Waals surface area contributed by atoms with Crippen molar-refractivity contribution in [2.75, 3.05) is 0 Å². The summed E-state index contributed by atoms with van der Waals surface area (Å²) in [5.41, 5.74) is 1.58. The maximum atomic E-state index is 13.3. The van der Waals surface area contributed by atoms with Gasteiger partial charge in [-0.25, -0.2) is 19.3 Å². The summed E-state index contributed by atoms with van der Waals surface area (Å²) in [5, 5.41) is 4.85. The molecule has 0 aliphatic heterocycles. The summed E-state index contributed by atoms with van der Waals surface area (Å²) in [4.78, 5) is 12.7. The maximum Gasteiger partial charge on any atom is 0.182 e. The van der Waals surface area contributed by atoms with E-state index in [0.717, 1.165) is 5.56 Å². The molecular formula is C18H11ClFN5. The fourth-order valence-corrected chi connectivity index (χ4v) is 2.55. The molecule has 0 atom stereocenters. The Kier molecular flexibility index (Phi) is 3.95. The summed E-state index contributed by atoms with van der Waals surface area (Å²) < 4.78 is 14.8. The van der Waals surface area contributed by atoms with Crippen molar-refractivity contribution in [3.63, 3.8) is 0 Å². The van der Waals surface area contributed by atoms with Crippen LogP contribution in [0.1, 0.15) is 0 Å². The molecule has 0 aliphatic rings. The Morgan fingerprint density at radius 2 is 1.64 bits per heavy atom. The van der Waals surface area contributed by atoms with E-state index in [1.54, 1.807) is 22.9 Å². The van der Waals surface area contributed by atoms with Gasteiger partial charge in [-0.15, -0.1) is 5.10 Å². The molecule has 0 N–H and O–H groups in total. The average molecular weight is 352 g/mol. The van der Waals surface area contributed by atoms with Crippen LogP contribution in [0.4, 0.5) is 4.39 Å². The van der Waals surface area contributed by atoms with Crippen LogP contribution >= 0.6 is 11.6 Å². The van der Waals surface area contributed by atoms with Crippen LogP contribution in [0, 0.1) is 5.82 Å². The second-order valence-corrected chi connectivity index (χ2v) is 5.63. The molecule has 0 spiro atoms. The van der Waals surface area contributed by atoms with Crippen LogP contribution in [0.15, 0.2) is 67.0 Å². The van der Waals surface area contributed by atoms with Crippen LogP contribution < -0.4 is 0 Å². The first-order valence-corrected chi connectivity index (χ1v) is 7.85. The maximum absolute atomic E-state index is 13.3. The highest BCUT2D eigenvalue weighted by Crippen LogP contribution is 2.25. The Morgan fingerprint density at radius 1 is 0.880 bits per heavy atom. The molecule has 0 amide bonds. The third-order valence-electron chi connectivity index (χ3n) is 3.58. The third kappa shape index (κ3) is 3.12. The fraction of sp³-hybridized carbons (Fsp3) is 0. The number of rotatable bonds is 3. The van der Waals surface area contributed by atoms with E-state index in [2.05, 4.69) is 20.1 Å². The van der Waals surface area contributed by atoms with Crippen molar-refractivity contribution in [3.05, 3.63) is 78.0 Å². The second-order valence-electron chi connectivity index (χ2n) is 5.24. The first-order chi connectivity index (χ1) is 12.2. The van der Waals surface area contributed by atoms with Crippen molar-refractivity contribution >= 4 is 11.6 Å². The first kappa shape index (κ1) is 15.4. The summed E-state index contributed by atoms with van der Waals surface area (Å²) in [5.74, 6) is 1.24. The first-order valence-electron chi connectivity index (χ1n) is 7.47. The SMILES string of the molecule is Fc1ccc(-c2nc(-c3ccccc3)nn2-c2cc(Cl)ncn2)cc1. The minimum atomic E-state index is -0.317. The van der Waals surface area contributed by atoms with Gasteiger partial charge in [0.25, 0.3) is 0 Å². The molecule has 0 aliphatic carbocycles. The van der Waals surface area contributed by atoms with Gasteiger partial charge in [0.1, 0.15) is 17.3 Å². The Bertz CT molecular complexity index is 1020. The highest BCUT2D eigenvalue weighted by molar-refractivity contribution is 6.29. The molecule has 2 aromatic heterocycles. The van der Waals surface area contributed by atoms with Crippen molar-refractivity contribution in [3.8, 4) is 28.6 Å². The molecule has 7 heteroatoms. The molecule has 0 saturated heterocycles. The molecule has 0 fully saturated rings. The summed E-state index contributed by atoms with van der Waals surface area (Å²) in [6, 6.07) is 17.2. The Labute approximate surface area is 147 Å². The van der Waals surface area contributed by atoms with Gasteiger partial charge < -0.3 is 0 Å². The van der Waals surface area contributed by atoms with Crippen molar-refractivity contribution < 1.29 is 4.39 Å². The lowest BCUT2D eigenvalue weighted by atomic mass is 10.2. The van der Waals surface area contributed by atoms with Crippen LogP contribution in [-0.2, 0) is 0 Å². The van der Waals surface area contributed by atoms with Crippen LogP contribution in [0.3, 0.4) is 0 Å². The van der Waals surface area contributed by atoms with Crippen LogP contribution in [0.5, 0.6) is 0 Å². The fourth-order valence-electron chi connectivity index (χ4n) is 2.41. The molecular weight excluding hydrogens is 341 g/mol. The minimum absolute atomic E-state index is 0.298. The molecule has 4 rings (SSSR count). The number of benzene rings is 2. The molecule has 0 radical (unpaired) electrons. The van der Waals surface area contributed by atoms with Gasteiger partial charge in [0.05, 0.1) is 0 Å². The van der Waals surface area contributed by atoms with E-state index in [9.17, 15) is 4.39 Å². The summed E-state index contributed by atoms with van der Waals surface area (Å²) in [6.45, 7) is 0. The lowest BCUT2D eigenvalue weighted by Crippen LogP contribution is -2.02. The van der Waals surface area contributed by atoms with E-state index in [1.807, 2.05) is 30.3 Å². The average Bonchev–Trinajstić information content (AvgIpc) is 3.08. The van der Waals surface area contributed by atoms with Crippen LogP contribution in [-0.4, -0.2) is 24.7 Å². The molecule has 122 valence electrons. The molecule has 4 aromatic rings. The summed E-state index contributed by atoms with van der Waals surface area (Å²) in [7, 11) is 0. The minimum Gasteiger partial charge on any atom is -0.224 e. The largest absolute Gasteiger partial charge is 0.224 e. The van der Waals surface area contributed by atoms with Crippen molar-refractivity contribution in [1.29, 1.82) is 0 Å². The molecule has 25 heavy (non-hydrogen) atoms. The Balaban J connectivity index is 1.91. The third-order valence-corrected chi connectivity index (χ3v) is 3.78. The quantitative estimate of drug-likeness (QED) is 0.519. The lowest BCUT2D eigenvalue weighted by Gasteiger charge is -2.04. The van der Waals surface area contributed by atoms with Crippen molar-refractivity contribution in [1.82, 2.24) is 24.7 Å².